The summed E-state index contributed by atoms with van der Waals surface area (Å²) in [5, 5.41) is 0. The number of hydrogen-bond acceptors (Lipinski definition) is 6. The van der Waals surface area contributed by atoms with E-state index in [9.17, 15) is 4.79 Å². The van der Waals surface area contributed by atoms with Crippen LogP contribution in [0.4, 0.5) is 5.69 Å². The minimum atomic E-state index is -0.114. The van der Waals surface area contributed by atoms with Gasteiger partial charge in [0.15, 0.2) is 17.3 Å². The van der Waals surface area contributed by atoms with E-state index in [1.54, 1.807) is 44.4 Å². The molecule has 0 saturated heterocycles. The van der Waals surface area contributed by atoms with Crippen molar-refractivity contribution in [2.45, 2.75) is 13.8 Å². The van der Waals surface area contributed by atoms with Gasteiger partial charge in [-0.25, -0.2) is 0 Å². The van der Waals surface area contributed by atoms with E-state index in [0.29, 0.717) is 46.4 Å². The minimum absolute atomic E-state index is 0.114. The molecule has 6 heteroatoms. The van der Waals surface area contributed by atoms with Crippen molar-refractivity contribution in [1.29, 1.82) is 0 Å². The molecule has 0 saturated carbocycles. The van der Waals surface area contributed by atoms with Gasteiger partial charge in [0.25, 0.3) is 0 Å². The van der Waals surface area contributed by atoms with Gasteiger partial charge in [-0.05, 0) is 61.4 Å². The number of nitrogens with two attached hydrogens (primary N) is 1. The highest BCUT2D eigenvalue weighted by Gasteiger charge is 2.20. The van der Waals surface area contributed by atoms with Gasteiger partial charge in [0, 0.05) is 5.56 Å². The van der Waals surface area contributed by atoms with Crippen LogP contribution < -0.4 is 24.7 Å². The molecule has 0 aromatic heterocycles. The average molecular weight is 355 g/mol. The van der Waals surface area contributed by atoms with Crippen LogP contribution in [0.25, 0.3) is 6.08 Å². The Hall–Kier alpha value is -3.15. The lowest BCUT2D eigenvalue weighted by molar-refractivity contribution is 0.103. The fraction of sp³-hybridized carbons (Fsp3) is 0.250. The third-order valence-electron chi connectivity index (χ3n) is 3.99. The summed E-state index contributed by atoms with van der Waals surface area (Å²) < 4.78 is 21.5. The van der Waals surface area contributed by atoms with Crippen LogP contribution in [-0.2, 0) is 0 Å². The maximum Gasteiger partial charge on any atom is 0.231 e. The molecule has 0 fully saturated rings. The Kier molecular flexibility index (Phi) is 5.02. The number of fused-ring (bicyclic) bond motifs is 1. The molecule has 2 aromatic rings. The Morgan fingerprint density at radius 1 is 1.23 bits per heavy atom. The van der Waals surface area contributed by atoms with Crippen molar-refractivity contribution >= 4 is 17.5 Å². The van der Waals surface area contributed by atoms with E-state index >= 15 is 0 Å². The van der Waals surface area contributed by atoms with Gasteiger partial charge in [0.05, 0.1) is 19.4 Å². The van der Waals surface area contributed by atoms with E-state index in [-0.39, 0.29) is 12.6 Å². The Balaban J connectivity index is 1.88. The number of ketones is 1. The molecule has 26 heavy (non-hydrogen) atoms. The third-order valence-corrected chi connectivity index (χ3v) is 3.99. The molecule has 136 valence electrons. The summed E-state index contributed by atoms with van der Waals surface area (Å²) >= 11 is 0. The summed E-state index contributed by atoms with van der Waals surface area (Å²) in [6.45, 7) is 4.31. The zero-order valence-corrected chi connectivity index (χ0v) is 15.0. The van der Waals surface area contributed by atoms with E-state index < -0.39 is 0 Å². The van der Waals surface area contributed by atoms with Crippen molar-refractivity contribution < 1.29 is 23.7 Å². The predicted octanol–water partition coefficient (Wildman–Crippen LogP) is 3.69. The lowest BCUT2D eigenvalue weighted by atomic mass is 10.0. The standard InChI is InChI=1S/C20H21NO5/c1-4-24-16-6-5-14(10-15(16)21)19(22)12(2)7-13-8-17(23-3)20-18(9-13)25-11-26-20/h5-10H,4,11,21H2,1-3H3. The van der Waals surface area contributed by atoms with Crippen LogP contribution in [0.15, 0.2) is 35.9 Å². The van der Waals surface area contributed by atoms with Gasteiger partial charge in [-0.2, -0.15) is 0 Å². The van der Waals surface area contributed by atoms with Crippen LogP contribution in [0.5, 0.6) is 23.0 Å². The van der Waals surface area contributed by atoms with Crippen molar-refractivity contribution in [3.05, 3.63) is 47.0 Å². The van der Waals surface area contributed by atoms with Gasteiger partial charge in [-0.15, -0.1) is 0 Å². The monoisotopic (exact) mass is 355 g/mol. The second-order valence-corrected chi connectivity index (χ2v) is 5.80. The van der Waals surface area contributed by atoms with Gasteiger partial charge in [0.1, 0.15) is 5.75 Å². The molecule has 0 spiro atoms. The molecule has 1 heterocycles. The summed E-state index contributed by atoms with van der Waals surface area (Å²) in [5.41, 5.74) is 8.25. The molecule has 0 radical (unpaired) electrons. The molecular formula is C20H21NO5. The molecule has 0 bridgehead atoms. The van der Waals surface area contributed by atoms with Gasteiger partial charge in [0.2, 0.25) is 12.5 Å². The van der Waals surface area contributed by atoms with Crippen molar-refractivity contribution in [1.82, 2.24) is 0 Å². The Morgan fingerprint density at radius 3 is 2.73 bits per heavy atom. The minimum Gasteiger partial charge on any atom is -0.493 e. The van der Waals surface area contributed by atoms with Crippen LogP contribution in [-0.4, -0.2) is 26.3 Å². The van der Waals surface area contributed by atoms with Crippen LogP contribution in [0, 0.1) is 0 Å². The molecule has 1 aliphatic heterocycles. The Bertz CT molecular complexity index is 873. The summed E-state index contributed by atoms with van der Waals surface area (Å²) in [6.07, 6.45) is 1.78. The highest BCUT2D eigenvalue weighted by atomic mass is 16.7. The van der Waals surface area contributed by atoms with E-state index in [1.165, 1.54) is 0 Å². The van der Waals surface area contributed by atoms with Crippen LogP contribution in [0.3, 0.4) is 0 Å². The van der Waals surface area contributed by atoms with Crippen LogP contribution in [0.1, 0.15) is 29.8 Å². The topological polar surface area (TPSA) is 80.0 Å². The third kappa shape index (κ3) is 3.44. The molecule has 0 aliphatic carbocycles. The number of methoxy groups -OCH3 is 1. The number of benzene rings is 2. The highest BCUT2D eigenvalue weighted by molar-refractivity contribution is 6.11. The number of anilines is 1. The summed E-state index contributed by atoms with van der Waals surface area (Å²) in [4.78, 5) is 12.7. The second kappa shape index (κ2) is 7.39. The molecule has 1 aliphatic rings. The van der Waals surface area contributed by atoms with Crippen molar-refractivity contribution in [3.63, 3.8) is 0 Å². The number of carbonyl (C=O) groups is 1. The summed E-state index contributed by atoms with van der Waals surface area (Å²) in [5.74, 6) is 2.20. The number of carbonyl (C=O) groups excluding carboxylic acids is 1. The quantitative estimate of drug-likeness (QED) is 0.484. The second-order valence-electron chi connectivity index (χ2n) is 5.80. The van der Waals surface area contributed by atoms with Gasteiger partial charge in [-0.3, -0.25) is 4.79 Å². The first-order valence-corrected chi connectivity index (χ1v) is 8.26. The van der Waals surface area contributed by atoms with Crippen molar-refractivity contribution in [2.75, 3.05) is 26.2 Å². The highest BCUT2D eigenvalue weighted by Crippen LogP contribution is 2.42. The van der Waals surface area contributed by atoms with E-state index in [1.807, 2.05) is 13.0 Å². The number of nitrogen functional groups attached to an aromatic ring is 1. The van der Waals surface area contributed by atoms with Crippen LogP contribution in [0.2, 0.25) is 0 Å². The Labute approximate surface area is 152 Å². The zero-order chi connectivity index (χ0) is 18.7. The number of ether oxygens (including phenoxy) is 4. The maximum absolute atomic E-state index is 12.7. The van der Waals surface area contributed by atoms with Gasteiger partial charge < -0.3 is 24.7 Å². The fourth-order valence-corrected chi connectivity index (χ4v) is 2.75. The number of rotatable bonds is 6. The molecule has 2 aromatic carbocycles. The number of Topliss-reactive ketones (excluding diaryl/α,β-unsaturated/α-hetero) is 1. The first-order valence-electron chi connectivity index (χ1n) is 8.26. The summed E-state index contributed by atoms with van der Waals surface area (Å²) in [6, 6.07) is 8.67. The smallest absolute Gasteiger partial charge is 0.231 e. The molecule has 0 amide bonds. The SMILES string of the molecule is CCOc1ccc(C(=O)C(C)=Cc2cc(OC)c3c(c2)OCO3)cc1N. The predicted molar refractivity (Wildman–Crippen MR) is 99.1 cm³/mol. The maximum atomic E-state index is 12.7. The Morgan fingerprint density at radius 2 is 2.04 bits per heavy atom. The zero-order valence-electron chi connectivity index (χ0n) is 15.0. The first-order chi connectivity index (χ1) is 12.5. The van der Waals surface area contributed by atoms with E-state index in [0.717, 1.165) is 5.56 Å². The molecule has 3 rings (SSSR count). The number of hydrogen-bond donors (Lipinski definition) is 1. The average Bonchev–Trinajstić information content (AvgIpc) is 3.10. The summed E-state index contributed by atoms with van der Waals surface area (Å²) in [7, 11) is 1.56. The van der Waals surface area contributed by atoms with E-state index in [2.05, 4.69) is 0 Å². The van der Waals surface area contributed by atoms with E-state index in [4.69, 9.17) is 24.7 Å². The van der Waals surface area contributed by atoms with Crippen molar-refractivity contribution in [3.8, 4) is 23.0 Å². The van der Waals surface area contributed by atoms with Crippen LogP contribution >= 0.6 is 0 Å². The molecule has 0 unspecified atom stereocenters. The number of allylic oxidation sites excluding steroid dienone is 1. The van der Waals surface area contributed by atoms with Gasteiger partial charge >= 0.3 is 0 Å². The fourth-order valence-electron chi connectivity index (χ4n) is 2.75. The molecular weight excluding hydrogens is 334 g/mol. The lowest BCUT2D eigenvalue weighted by Crippen LogP contribution is -2.03. The largest absolute Gasteiger partial charge is 0.493 e. The molecule has 2 N–H and O–H groups in total. The van der Waals surface area contributed by atoms with Crippen molar-refractivity contribution in [2.24, 2.45) is 0 Å². The normalized spacial score (nSPS) is 12.8. The molecule has 0 atom stereocenters. The first kappa shape index (κ1) is 17.7. The van der Waals surface area contributed by atoms with Gasteiger partial charge in [-0.1, -0.05) is 0 Å². The lowest BCUT2D eigenvalue weighted by Gasteiger charge is -2.09. The molecule has 6 nitrogen and oxygen atoms in total.